The van der Waals surface area contributed by atoms with Crippen LogP contribution in [0, 0.1) is 5.92 Å². The molecule has 0 aliphatic carbocycles. The first-order valence-corrected chi connectivity index (χ1v) is 7.10. The number of hydrogen-bond donors (Lipinski definition) is 2. The van der Waals surface area contributed by atoms with Gasteiger partial charge in [-0.1, -0.05) is 0 Å². The molecule has 2 heterocycles. The number of likely N-dealkylation sites (N-methyl/N-ethyl adjacent to an activating group) is 1. The molecular weight excluding hydrogens is 224 g/mol. The first-order valence-electron chi connectivity index (χ1n) is 5.94. The van der Waals surface area contributed by atoms with Crippen LogP contribution in [-0.4, -0.2) is 49.8 Å². The van der Waals surface area contributed by atoms with Crippen molar-refractivity contribution in [2.45, 2.75) is 24.9 Å². The van der Waals surface area contributed by atoms with Crippen molar-refractivity contribution in [3.8, 4) is 0 Å². The third-order valence-corrected chi connectivity index (χ3v) is 4.51. The van der Waals surface area contributed by atoms with Crippen molar-refractivity contribution < 1.29 is 9.53 Å². The summed E-state index contributed by atoms with van der Waals surface area (Å²) in [5.41, 5.74) is 0. The van der Waals surface area contributed by atoms with Crippen molar-refractivity contribution in [2.75, 3.05) is 31.8 Å². The van der Waals surface area contributed by atoms with Gasteiger partial charge < -0.3 is 15.4 Å². The van der Waals surface area contributed by atoms with Crippen LogP contribution in [0.2, 0.25) is 0 Å². The van der Waals surface area contributed by atoms with Crippen LogP contribution in [0.25, 0.3) is 0 Å². The van der Waals surface area contributed by atoms with Crippen LogP contribution in [0.15, 0.2) is 0 Å². The summed E-state index contributed by atoms with van der Waals surface area (Å²) in [4.78, 5) is 12.0. The molecule has 16 heavy (non-hydrogen) atoms. The average Bonchev–Trinajstić information content (AvgIpc) is 2.78. The van der Waals surface area contributed by atoms with Gasteiger partial charge in [-0.25, -0.2) is 0 Å². The third-order valence-electron chi connectivity index (χ3n) is 3.29. The predicted octanol–water partition coefficient (Wildman–Crippen LogP) is 0.233. The van der Waals surface area contributed by atoms with Gasteiger partial charge in [0, 0.05) is 17.8 Å². The van der Waals surface area contributed by atoms with Gasteiger partial charge in [-0.2, -0.15) is 11.8 Å². The second kappa shape index (κ2) is 5.89. The molecule has 4 nitrogen and oxygen atoms in total. The minimum atomic E-state index is -0.0167. The Hall–Kier alpha value is -0.260. The number of nitrogens with one attached hydrogen (secondary N) is 2. The fraction of sp³-hybridized carbons (Fsp3) is 0.909. The Labute approximate surface area is 101 Å². The summed E-state index contributed by atoms with van der Waals surface area (Å²) in [6, 6.07) is 0.542. The highest BCUT2D eigenvalue weighted by molar-refractivity contribution is 7.99. The summed E-state index contributed by atoms with van der Waals surface area (Å²) < 4.78 is 5.34. The van der Waals surface area contributed by atoms with E-state index in [0.717, 1.165) is 12.2 Å². The van der Waals surface area contributed by atoms with E-state index in [4.69, 9.17) is 4.74 Å². The van der Waals surface area contributed by atoms with Gasteiger partial charge in [-0.3, -0.25) is 4.79 Å². The zero-order valence-electron chi connectivity index (χ0n) is 9.70. The molecule has 2 aliphatic heterocycles. The van der Waals surface area contributed by atoms with Crippen LogP contribution >= 0.6 is 11.8 Å². The smallest absolute Gasteiger partial charge is 0.227 e. The van der Waals surface area contributed by atoms with E-state index in [-0.39, 0.29) is 17.9 Å². The van der Waals surface area contributed by atoms with E-state index in [0.29, 0.717) is 19.3 Å². The highest BCUT2D eigenvalue weighted by Gasteiger charge is 2.33. The predicted molar refractivity (Wildman–Crippen MR) is 65.6 cm³/mol. The van der Waals surface area contributed by atoms with Crippen molar-refractivity contribution in [1.29, 1.82) is 0 Å². The topological polar surface area (TPSA) is 50.4 Å². The molecule has 0 bridgehead atoms. The van der Waals surface area contributed by atoms with Gasteiger partial charge in [0.1, 0.15) is 0 Å². The van der Waals surface area contributed by atoms with Crippen LogP contribution in [0.4, 0.5) is 0 Å². The van der Waals surface area contributed by atoms with E-state index >= 15 is 0 Å². The fourth-order valence-corrected chi connectivity index (χ4v) is 3.33. The van der Waals surface area contributed by atoms with Gasteiger partial charge in [-0.15, -0.1) is 0 Å². The summed E-state index contributed by atoms with van der Waals surface area (Å²) in [6.45, 7) is 1.20. The molecule has 3 atom stereocenters. The Balaban J connectivity index is 1.82. The molecular formula is C11H20N2O2S. The van der Waals surface area contributed by atoms with Gasteiger partial charge in [0.25, 0.3) is 0 Å². The van der Waals surface area contributed by atoms with Crippen LogP contribution in [0.5, 0.6) is 0 Å². The molecule has 2 rings (SSSR count). The molecule has 0 spiro atoms. The van der Waals surface area contributed by atoms with E-state index in [1.807, 2.05) is 18.8 Å². The number of rotatable bonds is 3. The lowest BCUT2D eigenvalue weighted by molar-refractivity contribution is -0.126. The van der Waals surface area contributed by atoms with Crippen LogP contribution in [-0.2, 0) is 9.53 Å². The molecule has 0 aromatic rings. The molecule has 5 heteroatoms. The van der Waals surface area contributed by atoms with E-state index < -0.39 is 0 Å². The number of thioether (sulfide) groups is 1. The molecule has 0 radical (unpaired) electrons. The highest BCUT2D eigenvalue weighted by atomic mass is 32.2. The summed E-state index contributed by atoms with van der Waals surface area (Å²) in [6.07, 6.45) is 2.34. The number of carbonyl (C=O) groups is 1. The Morgan fingerprint density at radius 2 is 2.31 bits per heavy atom. The maximum Gasteiger partial charge on any atom is 0.227 e. The lowest BCUT2D eigenvalue weighted by atomic mass is 10.0. The standard InChI is InChI=1S/C11H20N2O2S/c1-12-10-6-15-5-9(10)11(14)13-8-3-2-4-16-7-8/h8-10,12H,2-7H2,1H3,(H,13,14). The summed E-state index contributed by atoms with van der Waals surface area (Å²) in [7, 11) is 1.89. The number of carbonyl (C=O) groups excluding carboxylic acids is 1. The summed E-state index contributed by atoms with van der Waals surface area (Å²) >= 11 is 1.93. The van der Waals surface area contributed by atoms with E-state index in [1.54, 1.807) is 0 Å². The lowest BCUT2D eigenvalue weighted by Gasteiger charge is -2.25. The average molecular weight is 244 g/mol. The number of hydrogen-bond acceptors (Lipinski definition) is 4. The van der Waals surface area contributed by atoms with E-state index in [9.17, 15) is 4.79 Å². The second-order valence-electron chi connectivity index (χ2n) is 4.46. The Kier molecular flexibility index (Phi) is 4.49. The Morgan fingerprint density at radius 1 is 1.44 bits per heavy atom. The second-order valence-corrected chi connectivity index (χ2v) is 5.61. The first kappa shape index (κ1) is 12.2. The number of ether oxygens (including phenoxy) is 1. The molecule has 3 unspecified atom stereocenters. The molecule has 92 valence electrons. The molecule has 0 aromatic heterocycles. The van der Waals surface area contributed by atoms with Gasteiger partial charge >= 0.3 is 0 Å². The molecule has 2 saturated heterocycles. The molecule has 1 amide bonds. The SMILES string of the molecule is CNC1COCC1C(=O)NC1CCCSC1. The quantitative estimate of drug-likeness (QED) is 0.746. The zero-order chi connectivity index (χ0) is 11.4. The highest BCUT2D eigenvalue weighted by Crippen LogP contribution is 2.19. The van der Waals surface area contributed by atoms with Gasteiger partial charge in [0.05, 0.1) is 19.1 Å². The zero-order valence-corrected chi connectivity index (χ0v) is 10.5. The largest absolute Gasteiger partial charge is 0.379 e. The molecule has 2 aliphatic rings. The lowest BCUT2D eigenvalue weighted by Crippen LogP contribution is -2.47. The number of amides is 1. The van der Waals surface area contributed by atoms with Gasteiger partial charge in [0.15, 0.2) is 0 Å². The molecule has 2 fully saturated rings. The van der Waals surface area contributed by atoms with Gasteiger partial charge in [-0.05, 0) is 25.6 Å². The third kappa shape index (κ3) is 2.90. The van der Waals surface area contributed by atoms with Crippen molar-refractivity contribution in [3.05, 3.63) is 0 Å². The first-order chi connectivity index (χ1) is 7.81. The van der Waals surface area contributed by atoms with E-state index in [1.165, 1.54) is 12.2 Å². The van der Waals surface area contributed by atoms with Gasteiger partial charge in [0.2, 0.25) is 5.91 Å². The monoisotopic (exact) mass is 244 g/mol. The Bertz CT molecular complexity index is 244. The normalized spacial score (nSPS) is 34.9. The Morgan fingerprint density at radius 3 is 3.00 bits per heavy atom. The van der Waals surface area contributed by atoms with Crippen molar-refractivity contribution in [1.82, 2.24) is 10.6 Å². The van der Waals surface area contributed by atoms with Crippen molar-refractivity contribution >= 4 is 17.7 Å². The van der Waals surface area contributed by atoms with Crippen LogP contribution in [0.3, 0.4) is 0 Å². The fourth-order valence-electron chi connectivity index (χ4n) is 2.26. The summed E-state index contributed by atoms with van der Waals surface area (Å²) in [5, 5.41) is 6.29. The van der Waals surface area contributed by atoms with Crippen LogP contribution in [0.1, 0.15) is 12.8 Å². The van der Waals surface area contributed by atoms with Crippen LogP contribution < -0.4 is 10.6 Å². The minimum absolute atomic E-state index is 0.0167. The van der Waals surface area contributed by atoms with E-state index in [2.05, 4.69) is 10.6 Å². The molecule has 2 N–H and O–H groups in total. The molecule has 0 saturated carbocycles. The minimum Gasteiger partial charge on any atom is -0.379 e. The maximum atomic E-state index is 12.0. The van der Waals surface area contributed by atoms with Crippen molar-refractivity contribution in [2.24, 2.45) is 5.92 Å². The maximum absolute atomic E-state index is 12.0. The van der Waals surface area contributed by atoms with Crippen molar-refractivity contribution in [3.63, 3.8) is 0 Å². The summed E-state index contributed by atoms with van der Waals surface area (Å²) in [5.74, 6) is 2.43. The molecule has 0 aromatic carbocycles.